The molecule has 0 radical (unpaired) electrons. The molecule has 2 aromatic rings. The first-order valence-corrected chi connectivity index (χ1v) is 20.3. The molecule has 0 aliphatic carbocycles. The molecule has 2 aromatic carbocycles. The van der Waals surface area contributed by atoms with Crippen molar-refractivity contribution in [3.05, 3.63) is 79.7 Å². The Kier molecular flexibility index (Phi) is 6.32. The number of hydrogen-bond acceptors (Lipinski definition) is 4. The van der Waals surface area contributed by atoms with Crippen molar-refractivity contribution in [3.63, 3.8) is 0 Å². The Labute approximate surface area is 185 Å². The van der Waals surface area contributed by atoms with Crippen LogP contribution < -0.4 is 0 Å². The van der Waals surface area contributed by atoms with Gasteiger partial charge in [0.05, 0.1) is 0 Å². The van der Waals surface area contributed by atoms with Crippen molar-refractivity contribution in [1.82, 2.24) is 0 Å². The topological polar surface area (TPSA) is 52.6 Å². The average molecular weight is 634 g/mol. The van der Waals surface area contributed by atoms with E-state index in [9.17, 15) is 9.59 Å². The van der Waals surface area contributed by atoms with E-state index >= 15 is 0 Å². The molecule has 4 nitrogen and oxygen atoms in total. The van der Waals surface area contributed by atoms with E-state index in [2.05, 4.69) is 24.3 Å². The van der Waals surface area contributed by atoms with Crippen LogP contribution in [0.25, 0.3) is 8.94 Å². The fraction of sp³-hybridized carbons (Fsp3) is 0.100. The maximum absolute atomic E-state index is 11.7. The molecule has 0 amide bonds. The fourth-order valence-corrected chi connectivity index (χ4v) is 29.6. The summed E-state index contributed by atoms with van der Waals surface area (Å²) in [4.78, 5) is 23.3. The van der Waals surface area contributed by atoms with Crippen LogP contribution in [0, 0.1) is 0 Å². The van der Waals surface area contributed by atoms with E-state index in [4.69, 9.17) is 9.47 Å². The van der Waals surface area contributed by atoms with Crippen molar-refractivity contribution in [2.24, 2.45) is 0 Å². The number of methoxy groups -OCH3 is 2. The number of esters is 2. The molecule has 2 aliphatic heterocycles. The molecular formula is C20H14O4Se4. The van der Waals surface area contributed by atoms with Crippen LogP contribution in [0.4, 0.5) is 0 Å². The summed E-state index contributed by atoms with van der Waals surface area (Å²) in [6.07, 6.45) is 0. The van der Waals surface area contributed by atoms with Crippen molar-refractivity contribution < 1.29 is 19.1 Å². The van der Waals surface area contributed by atoms with E-state index in [0.717, 1.165) is 0 Å². The molecule has 0 bridgehead atoms. The molecule has 0 N–H and O–H groups in total. The van der Waals surface area contributed by atoms with Gasteiger partial charge in [-0.05, 0) is 0 Å². The van der Waals surface area contributed by atoms with E-state index in [0.29, 0.717) is 63.7 Å². The summed E-state index contributed by atoms with van der Waals surface area (Å²) in [6.45, 7) is 0. The molecule has 2 aliphatic rings. The van der Waals surface area contributed by atoms with E-state index in [-0.39, 0.29) is 11.9 Å². The summed E-state index contributed by atoms with van der Waals surface area (Å²) >= 11 is 1.99. The Balaban J connectivity index is 1.64. The van der Waals surface area contributed by atoms with Crippen molar-refractivity contribution in [2.75, 3.05) is 14.2 Å². The van der Waals surface area contributed by atoms with E-state index in [1.165, 1.54) is 34.3 Å². The second-order valence-electron chi connectivity index (χ2n) is 5.79. The maximum atomic E-state index is 11.7. The summed E-state index contributed by atoms with van der Waals surface area (Å²) in [7, 11) is 2.81. The molecule has 8 heteroatoms. The van der Waals surface area contributed by atoms with Crippen molar-refractivity contribution in [1.29, 1.82) is 0 Å². The Morgan fingerprint density at radius 2 is 0.893 bits per heavy atom. The molecular weight excluding hydrogens is 620 g/mol. The van der Waals surface area contributed by atoms with Gasteiger partial charge in [-0.25, -0.2) is 0 Å². The number of fused-ring (bicyclic) bond motifs is 1. The fourth-order valence-electron chi connectivity index (χ4n) is 2.71. The molecule has 0 saturated heterocycles. The Hall–Kier alpha value is -1.06. The van der Waals surface area contributed by atoms with Gasteiger partial charge in [-0.1, -0.05) is 0 Å². The third-order valence-electron chi connectivity index (χ3n) is 4.17. The molecule has 0 atom stereocenters. The van der Waals surface area contributed by atoms with Crippen LogP contribution in [0.15, 0.2) is 57.5 Å². The van der Waals surface area contributed by atoms with Crippen LogP contribution in [-0.4, -0.2) is 78.7 Å². The first-order valence-electron chi connectivity index (χ1n) is 8.18. The number of allylic oxidation sites excluding steroid dienone is 2. The van der Waals surface area contributed by atoms with Gasteiger partial charge < -0.3 is 0 Å². The van der Waals surface area contributed by atoms with E-state index in [1.807, 2.05) is 24.3 Å². The van der Waals surface area contributed by atoms with Crippen LogP contribution in [-0.2, 0) is 9.47 Å². The third kappa shape index (κ3) is 3.85. The van der Waals surface area contributed by atoms with Crippen LogP contribution in [0.3, 0.4) is 0 Å². The van der Waals surface area contributed by atoms with Gasteiger partial charge in [0.25, 0.3) is 0 Å². The standard InChI is InChI=1S/C20H14O4Se4/c1-23-19(21)13-7-3-11(4-8-13)15-17-18(28-25-15)16(26-27-17)12-5-9-14(10-6-12)20(22)24-2/h3-10H,1-2H3. The SMILES string of the molecule is COC(=O)c1ccc(C2=C3[Se][Se]C(c4ccc(C(=O)OC)cc4)=C3[Se][Se]2)cc1. The van der Waals surface area contributed by atoms with Crippen LogP contribution >= 0.6 is 0 Å². The first kappa shape index (κ1) is 20.2. The molecule has 0 aromatic heterocycles. The summed E-state index contributed by atoms with van der Waals surface area (Å²) in [5.74, 6) is -0.589. The molecule has 4 rings (SSSR count). The second kappa shape index (κ2) is 8.75. The molecule has 0 spiro atoms. The van der Waals surface area contributed by atoms with Crippen molar-refractivity contribution in [3.8, 4) is 0 Å². The summed E-state index contributed by atoms with van der Waals surface area (Å²) in [6, 6.07) is 15.7. The summed E-state index contributed by atoms with van der Waals surface area (Å²) < 4.78 is 15.8. The number of carbonyl (C=O) groups excluding carboxylic acids is 2. The van der Waals surface area contributed by atoms with Crippen molar-refractivity contribution in [2.45, 2.75) is 0 Å². The van der Waals surface area contributed by atoms with Gasteiger partial charge >= 0.3 is 186 Å². The minimum atomic E-state index is -0.294. The quantitative estimate of drug-likeness (QED) is 0.382. The normalized spacial score (nSPS) is 15.6. The van der Waals surface area contributed by atoms with Gasteiger partial charge in [0.15, 0.2) is 0 Å². The molecule has 0 saturated carbocycles. The Bertz CT molecular complexity index is 924. The minimum absolute atomic E-state index is 0.294. The zero-order valence-electron chi connectivity index (χ0n) is 14.9. The van der Waals surface area contributed by atoms with Gasteiger partial charge in [-0.2, -0.15) is 0 Å². The van der Waals surface area contributed by atoms with Gasteiger partial charge in [-0.15, -0.1) is 0 Å². The average Bonchev–Trinajstić information content (AvgIpc) is 3.35. The number of benzene rings is 2. The Morgan fingerprint density at radius 1 is 0.571 bits per heavy atom. The molecule has 142 valence electrons. The molecule has 0 unspecified atom stereocenters. The van der Waals surface area contributed by atoms with Gasteiger partial charge in [-0.3, -0.25) is 0 Å². The Morgan fingerprint density at radius 3 is 1.21 bits per heavy atom. The predicted molar refractivity (Wildman–Crippen MR) is 112 cm³/mol. The van der Waals surface area contributed by atoms with Gasteiger partial charge in [0, 0.05) is 0 Å². The zero-order valence-corrected chi connectivity index (χ0v) is 21.7. The summed E-state index contributed by atoms with van der Waals surface area (Å²) in [5.41, 5.74) is 3.69. The van der Waals surface area contributed by atoms with Crippen LogP contribution in [0.2, 0.25) is 0 Å². The zero-order chi connectivity index (χ0) is 19.7. The molecule has 2 heterocycles. The second-order valence-corrected chi connectivity index (χ2v) is 17.9. The third-order valence-corrected chi connectivity index (χ3v) is 20.5. The number of carbonyl (C=O) groups is 2. The number of hydrogen-bond donors (Lipinski definition) is 0. The molecule has 28 heavy (non-hydrogen) atoms. The number of ether oxygens (including phenoxy) is 2. The van der Waals surface area contributed by atoms with E-state index < -0.39 is 0 Å². The monoisotopic (exact) mass is 638 g/mol. The molecule has 0 fully saturated rings. The van der Waals surface area contributed by atoms with Crippen molar-refractivity contribution >= 4 is 73.4 Å². The summed E-state index contributed by atoms with van der Waals surface area (Å²) in [5, 5.41) is 0. The predicted octanol–water partition coefficient (Wildman–Crippen LogP) is 1.97. The first-order chi connectivity index (χ1) is 13.6. The van der Waals surface area contributed by atoms with Crippen LogP contribution in [0.5, 0.6) is 0 Å². The number of rotatable bonds is 4. The van der Waals surface area contributed by atoms with Crippen LogP contribution in [0.1, 0.15) is 31.8 Å². The van der Waals surface area contributed by atoms with Gasteiger partial charge in [0.2, 0.25) is 0 Å². The van der Waals surface area contributed by atoms with E-state index in [1.54, 1.807) is 8.94 Å². The van der Waals surface area contributed by atoms with Gasteiger partial charge in [0.1, 0.15) is 0 Å².